The minimum absolute atomic E-state index is 0.0996. The summed E-state index contributed by atoms with van der Waals surface area (Å²) in [6, 6.07) is -0.119. The zero-order valence-electron chi connectivity index (χ0n) is 22.7. The Morgan fingerprint density at radius 3 is 2.57 bits per heavy atom. The Balaban J connectivity index is 1.25. The van der Waals surface area contributed by atoms with E-state index in [1.165, 1.54) is 23.3 Å². The van der Waals surface area contributed by atoms with Crippen molar-refractivity contribution in [3.63, 3.8) is 0 Å². The quantitative estimate of drug-likeness (QED) is 0.277. The van der Waals surface area contributed by atoms with Gasteiger partial charge in [-0.25, -0.2) is 9.67 Å². The minimum Gasteiger partial charge on any atom is -0.378 e. The first-order valence-corrected chi connectivity index (χ1v) is 13.4. The average Bonchev–Trinajstić information content (AvgIpc) is 3.67. The lowest BCUT2D eigenvalue weighted by Crippen LogP contribution is -2.49. The monoisotopic (exact) mass is 587 g/mol. The Bertz CT molecular complexity index is 1450. The number of imidazole rings is 1. The molecule has 42 heavy (non-hydrogen) atoms. The summed E-state index contributed by atoms with van der Waals surface area (Å²) < 4.78 is 33.8. The molecule has 5 heterocycles. The number of amides is 3. The topological polar surface area (TPSA) is 164 Å². The SMILES string of the molecule is C=CC(=O)NCC(=O)N1CCC(NC(=O)CNc2nc(N3CCOCC3)nc3c2ncn3-c2cnn(C(F)F)c2)CC1. The second kappa shape index (κ2) is 12.9. The third-order valence-corrected chi connectivity index (χ3v) is 6.97. The van der Waals surface area contributed by atoms with Crippen molar-refractivity contribution in [3.8, 4) is 5.69 Å². The maximum absolute atomic E-state index is 13.1. The van der Waals surface area contributed by atoms with E-state index in [1.54, 1.807) is 4.90 Å². The molecule has 2 aliphatic rings. The average molecular weight is 588 g/mol. The van der Waals surface area contributed by atoms with Crippen LogP contribution in [0, 0.1) is 0 Å². The second-order valence-corrected chi connectivity index (χ2v) is 9.71. The van der Waals surface area contributed by atoms with Crippen LogP contribution in [0.25, 0.3) is 16.9 Å². The van der Waals surface area contributed by atoms with E-state index in [9.17, 15) is 23.2 Å². The van der Waals surface area contributed by atoms with Crippen molar-refractivity contribution in [1.82, 2.24) is 44.8 Å². The third kappa shape index (κ3) is 6.62. The number of nitrogens with zero attached hydrogens (tertiary/aromatic N) is 8. The summed E-state index contributed by atoms with van der Waals surface area (Å²) in [6.45, 7) is 3.40. The number of hydrogen-bond acceptors (Lipinski definition) is 10. The Labute approximate surface area is 238 Å². The van der Waals surface area contributed by atoms with Crippen LogP contribution in [0.4, 0.5) is 20.5 Å². The number of alkyl halides is 2. The number of ether oxygens (including phenoxy) is 1. The molecule has 15 nitrogen and oxygen atoms in total. The summed E-state index contributed by atoms with van der Waals surface area (Å²) in [4.78, 5) is 53.7. The predicted molar refractivity (Wildman–Crippen MR) is 146 cm³/mol. The predicted octanol–water partition coefficient (Wildman–Crippen LogP) is 0.0650. The van der Waals surface area contributed by atoms with Gasteiger partial charge in [0, 0.05) is 32.2 Å². The fraction of sp³-hybridized carbons (Fsp3) is 0.480. The van der Waals surface area contributed by atoms with E-state index < -0.39 is 12.5 Å². The lowest BCUT2D eigenvalue weighted by molar-refractivity contribution is -0.133. The molecule has 5 rings (SSSR count). The van der Waals surface area contributed by atoms with Gasteiger partial charge in [0.1, 0.15) is 6.33 Å². The van der Waals surface area contributed by atoms with Crippen LogP contribution in [0.5, 0.6) is 0 Å². The number of halogens is 2. The lowest BCUT2D eigenvalue weighted by Gasteiger charge is -2.32. The molecular formula is C25H31F2N11O4. The van der Waals surface area contributed by atoms with Gasteiger partial charge in [0.05, 0.1) is 44.4 Å². The number of anilines is 2. The summed E-state index contributed by atoms with van der Waals surface area (Å²) in [6.07, 6.45) is 6.18. The van der Waals surface area contributed by atoms with Crippen LogP contribution >= 0.6 is 0 Å². The van der Waals surface area contributed by atoms with Gasteiger partial charge in [0.15, 0.2) is 17.0 Å². The van der Waals surface area contributed by atoms with E-state index in [4.69, 9.17) is 4.74 Å². The normalized spacial score (nSPS) is 16.1. The Kier molecular flexibility index (Phi) is 8.85. The van der Waals surface area contributed by atoms with Crippen molar-refractivity contribution in [2.75, 3.05) is 62.7 Å². The highest BCUT2D eigenvalue weighted by Crippen LogP contribution is 2.26. The van der Waals surface area contributed by atoms with Crippen LogP contribution in [-0.4, -0.2) is 110 Å². The van der Waals surface area contributed by atoms with Crippen molar-refractivity contribution in [3.05, 3.63) is 31.4 Å². The van der Waals surface area contributed by atoms with Gasteiger partial charge in [-0.2, -0.15) is 23.8 Å². The minimum atomic E-state index is -2.79. The molecule has 224 valence electrons. The molecule has 0 spiro atoms. The Morgan fingerprint density at radius 1 is 1.12 bits per heavy atom. The van der Waals surface area contributed by atoms with Crippen LogP contribution in [0.2, 0.25) is 0 Å². The Morgan fingerprint density at radius 2 is 1.88 bits per heavy atom. The first-order chi connectivity index (χ1) is 20.3. The van der Waals surface area contributed by atoms with E-state index in [2.05, 4.69) is 42.6 Å². The van der Waals surface area contributed by atoms with Crippen molar-refractivity contribution in [2.45, 2.75) is 25.4 Å². The van der Waals surface area contributed by atoms with E-state index in [0.29, 0.717) is 85.5 Å². The molecule has 3 aromatic rings. The van der Waals surface area contributed by atoms with E-state index in [-0.39, 0.29) is 30.9 Å². The van der Waals surface area contributed by atoms with Crippen LogP contribution in [-0.2, 0) is 19.1 Å². The summed E-state index contributed by atoms with van der Waals surface area (Å²) in [7, 11) is 0. The second-order valence-electron chi connectivity index (χ2n) is 9.71. The maximum atomic E-state index is 13.1. The standard InChI is InChI=1S/C25H31F2N11O4/c1-2-18(39)28-13-20(41)35-5-3-16(4-6-35)32-19(40)12-29-22-21-23(34-25(33-22)36-7-9-42-10-8-36)37(15-30-21)17-11-31-38(14-17)24(26)27/h2,11,14-16,24H,1,3-10,12-13H2,(H,28,39)(H,32,40)(H,29,33,34). The van der Waals surface area contributed by atoms with Gasteiger partial charge < -0.3 is 30.5 Å². The number of hydrogen-bond donors (Lipinski definition) is 3. The van der Waals surface area contributed by atoms with Crippen molar-refractivity contribution in [1.29, 1.82) is 0 Å². The van der Waals surface area contributed by atoms with Gasteiger partial charge in [0.2, 0.25) is 23.7 Å². The number of likely N-dealkylation sites (tertiary alicyclic amines) is 1. The summed E-state index contributed by atoms with van der Waals surface area (Å²) in [5.41, 5.74) is 1.07. The molecule has 0 radical (unpaired) electrons. The van der Waals surface area contributed by atoms with Gasteiger partial charge in [-0.3, -0.25) is 19.0 Å². The molecule has 0 saturated carbocycles. The molecule has 0 aromatic carbocycles. The van der Waals surface area contributed by atoms with Crippen LogP contribution in [0.1, 0.15) is 19.4 Å². The number of fused-ring (bicyclic) bond motifs is 1. The fourth-order valence-corrected chi connectivity index (χ4v) is 4.73. The van der Waals surface area contributed by atoms with Crippen LogP contribution < -0.4 is 20.9 Å². The third-order valence-electron chi connectivity index (χ3n) is 6.97. The number of carbonyl (C=O) groups is 3. The number of nitrogens with one attached hydrogen (secondary N) is 3. The van der Waals surface area contributed by atoms with Gasteiger partial charge >= 0.3 is 6.55 Å². The molecule has 3 aromatic heterocycles. The molecule has 0 aliphatic carbocycles. The molecule has 3 N–H and O–H groups in total. The molecule has 0 unspecified atom stereocenters. The smallest absolute Gasteiger partial charge is 0.333 e. The van der Waals surface area contributed by atoms with E-state index in [0.717, 1.165) is 6.08 Å². The van der Waals surface area contributed by atoms with Gasteiger partial charge in [-0.1, -0.05) is 6.58 Å². The molecule has 2 saturated heterocycles. The highest BCUT2D eigenvalue weighted by atomic mass is 19.3. The lowest BCUT2D eigenvalue weighted by atomic mass is 10.0. The Hall–Kier alpha value is -4.67. The number of aromatic nitrogens is 6. The number of carbonyl (C=O) groups excluding carboxylic acids is 3. The molecule has 3 amide bonds. The molecule has 0 bridgehead atoms. The number of piperidine rings is 1. The molecule has 2 aliphatic heterocycles. The molecule has 2 fully saturated rings. The van der Waals surface area contributed by atoms with E-state index >= 15 is 0 Å². The first kappa shape index (κ1) is 28.8. The zero-order chi connectivity index (χ0) is 29.6. The van der Waals surface area contributed by atoms with Crippen molar-refractivity contribution < 1.29 is 27.9 Å². The maximum Gasteiger partial charge on any atom is 0.333 e. The van der Waals surface area contributed by atoms with Crippen LogP contribution in [0.15, 0.2) is 31.4 Å². The van der Waals surface area contributed by atoms with Crippen LogP contribution in [0.3, 0.4) is 0 Å². The summed E-state index contributed by atoms with van der Waals surface area (Å²) >= 11 is 0. The van der Waals surface area contributed by atoms with Gasteiger partial charge in [0.25, 0.3) is 0 Å². The largest absolute Gasteiger partial charge is 0.378 e. The highest BCUT2D eigenvalue weighted by molar-refractivity contribution is 5.91. The number of morpholine rings is 1. The molecule has 17 heteroatoms. The highest BCUT2D eigenvalue weighted by Gasteiger charge is 2.25. The van der Waals surface area contributed by atoms with E-state index in [1.807, 2.05) is 4.90 Å². The number of rotatable bonds is 10. The summed E-state index contributed by atoms with van der Waals surface area (Å²) in [5.74, 6) is -0.167. The van der Waals surface area contributed by atoms with Gasteiger partial charge in [-0.15, -0.1) is 0 Å². The first-order valence-electron chi connectivity index (χ1n) is 13.4. The van der Waals surface area contributed by atoms with Gasteiger partial charge in [-0.05, 0) is 18.9 Å². The fourth-order valence-electron chi connectivity index (χ4n) is 4.73. The zero-order valence-corrected chi connectivity index (χ0v) is 22.7. The molecular weight excluding hydrogens is 556 g/mol. The van der Waals surface area contributed by atoms with Crippen molar-refractivity contribution >= 4 is 40.7 Å². The van der Waals surface area contributed by atoms with Crippen molar-refractivity contribution in [2.24, 2.45) is 0 Å². The molecule has 0 atom stereocenters. The summed E-state index contributed by atoms with van der Waals surface area (Å²) in [5, 5.41) is 12.2.